The molecule has 0 fully saturated rings. The number of halogens is 3. The quantitative estimate of drug-likeness (QED) is 0.871. The normalized spacial score (nSPS) is 11.0. The van der Waals surface area contributed by atoms with Crippen LogP contribution in [0.15, 0.2) is 18.2 Å². The van der Waals surface area contributed by atoms with Crippen LogP contribution in [0.3, 0.4) is 0 Å². The number of carboxylic acids is 1. The van der Waals surface area contributed by atoms with Crippen molar-refractivity contribution in [3.63, 3.8) is 0 Å². The van der Waals surface area contributed by atoms with Gasteiger partial charge in [-0.1, -0.05) is 0 Å². The fourth-order valence-corrected chi connectivity index (χ4v) is 1.24. The first-order chi connectivity index (χ1) is 8.62. The van der Waals surface area contributed by atoms with E-state index in [0.29, 0.717) is 12.1 Å². The van der Waals surface area contributed by atoms with Gasteiger partial charge in [0.15, 0.2) is 0 Å². The van der Waals surface area contributed by atoms with Crippen LogP contribution in [-0.4, -0.2) is 36.1 Å². The summed E-state index contributed by atoms with van der Waals surface area (Å²) in [5, 5.41) is 11.0. The maximum Gasteiger partial charge on any atom is 0.416 e. The number of hydrogen-bond donors (Lipinski definition) is 2. The third-order valence-corrected chi connectivity index (χ3v) is 2.23. The monoisotopic (exact) mass is 276 g/mol. The van der Waals surface area contributed by atoms with Gasteiger partial charge in [0.1, 0.15) is 0 Å². The minimum Gasteiger partial charge on any atom is -0.478 e. The van der Waals surface area contributed by atoms with Crippen molar-refractivity contribution in [2.45, 2.75) is 6.18 Å². The number of nitrogens with one attached hydrogen (secondary N) is 1. The van der Waals surface area contributed by atoms with Gasteiger partial charge in [0, 0.05) is 14.1 Å². The second-order valence-corrected chi connectivity index (χ2v) is 3.89. The Labute approximate surface area is 106 Å². The molecular formula is C11H11F3N2O3. The van der Waals surface area contributed by atoms with E-state index in [1.165, 1.54) is 14.1 Å². The van der Waals surface area contributed by atoms with Gasteiger partial charge in [-0.2, -0.15) is 13.2 Å². The van der Waals surface area contributed by atoms with E-state index >= 15 is 0 Å². The van der Waals surface area contributed by atoms with Crippen LogP contribution < -0.4 is 5.32 Å². The number of carbonyl (C=O) groups is 2. The summed E-state index contributed by atoms with van der Waals surface area (Å²) in [4.78, 5) is 23.4. The maximum atomic E-state index is 12.5. The number of alkyl halides is 3. The summed E-state index contributed by atoms with van der Waals surface area (Å²) in [6.45, 7) is 0. The molecule has 0 aliphatic carbocycles. The zero-order valence-electron chi connectivity index (χ0n) is 10.1. The first kappa shape index (κ1) is 14.8. The largest absolute Gasteiger partial charge is 0.478 e. The number of aromatic carboxylic acids is 1. The Morgan fingerprint density at radius 2 is 1.84 bits per heavy atom. The van der Waals surface area contributed by atoms with Crippen LogP contribution in [0.4, 0.5) is 23.7 Å². The first-order valence-electron chi connectivity index (χ1n) is 5.05. The maximum absolute atomic E-state index is 12.5. The highest BCUT2D eigenvalue weighted by Crippen LogP contribution is 2.32. The zero-order chi connectivity index (χ0) is 14.8. The van der Waals surface area contributed by atoms with Gasteiger partial charge >= 0.3 is 18.2 Å². The lowest BCUT2D eigenvalue weighted by molar-refractivity contribution is -0.137. The average molecular weight is 276 g/mol. The van der Waals surface area contributed by atoms with Gasteiger partial charge in [-0.15, -0.1) is 0 Å². The second-order valence-electron chi connectivity index (χ2n) is 3.89. The number of anilines is 1. The zero-order valence-corrected chi connectivity index (χ0v) is 10.1. The molecule has 8 heteroatoms. The molecule has 0 spiro atoms. The van der Waals surface area contributed by atoms with Gasteiger partial charge in [-0.05, 0) is 18.2 Å². The highest BCUT2D eigenvalue weighted by molar-refractivity contribution is 6.00. The summed E-state index contributed by atoms with van der Waals surface area (Å²) < 4.78 is 37.6. The third kappa shape index (κ3) is 3.60. The van der Waals surface area contributed by atoms with Crippen molar-refractivity contribution in [2.24, 2.45) is 0 Å². The molecule has 1 rings (SSSR count). The van der Waals surface area contributed by atoms with E-state index in [0.717, 1.165) is 11.0 Å². The van der Waals surface area contributed by atoms with E-state index in [1.54, 1.807) is 0 Å². The molecule has 0 aromatic heterocycles. The summed E-state index contributed by atoms with van der Waals surface area (Å²) >= 11 is 0. The smallest absolute Gasteiger partial charge is 0.416 e. The number of carbonyl (C=O) groups excluding carboxylic acids is 1. The van der Waals surface area contributed by atoms with Crippen LogP contribution in [0.1, 0.15) is 15.9 Å². The van der Waals surface area contributed by atoms with Crippen LogP contribution in [0, 0.1) is 0 Å². The van der Waals surface area contributed by atoms with Gasteiger partial charge in [-0.3, -0.25) is 0 Å². The van der Waals surface area contributed by atoms with Crippen LogP contribution in [0.25, 0.3) is 0 Å². The van der Waals surface area contributed by atoms with Crippen molar-refractivity contribution < 1.29 is 27.9 Å². The predicted octanol–water partition coefficient (Wildman–Crippen LogP) is 2.50. The minimum absolute atomic E-state index is 0.402. The molecule has 0 aliphatic heterocycles. The highest BCUT2D eigenvalue weighted by Gasteiger charge is 2.31. The molecule has 0 saturated heterocycles. The summed E-state index contributed by atoms with van der Waals surface area (Å²) in [7, 11) is 2.76. The van der Waals surface area contributed by atoms with Crippen LogP contribution in [0.2, 0.25) is 0 Å². The number of carboxylic acid groups (broad SMARTS) is 1. The molecule has 0 heterocycles. The van der Waals surface area contributed by atoms with E-state index in [9.17, 15) is 22.8 Å². The van der Waals surface area contributed by atoms with Gasteiger partial charge in [0.25, 0.3) is 0 Å². The Morgan fingerprint density at radius 1 is 1.26 bits per heavy atom. The lowest BCUT2D eigenvalue weighted by atomic mass is 10.1. The fraction of sp³-hybridized carbons (Fsp3) is 0.273. The Balaban J connectivity index is 3.24. The average Bonchev–Trinajstić information content (AvgIpc) is 2.27. The van der Waals surface area contributed by atoms with Crippen molar-refractivity contribution in [1.29, 1.82) is 0 Å². The Hall–Kier alpha value is -2.25. The molecule has 0 unspecified atom stereocenters. The fourth-order valence-electron chi connectivity index (χ4n) is 1.24. The number of hydrogen-bond acceptors (Lipinski definition) is 2. The second kappa shape index (κ2) is 5.17. The molecule has 0 atom stereocenters. The topological polar surface area (TPSA) is 69.6 Å². The van der Waals surface area contributed by atoms with Crippen molar-refractivity contribution in [3.8, 4) is 0 Å². The molecule has 104 valence electrons. The van der Waals surface area contributed by atoms with Crippen molar-refractivity contribution in [1.82, 2.24) is 4.90 Å². The SMILES string of the molecule is CN(C)C(=O)Nc1cc(C(F)(F)F)ccc1C(=O)O. The number of rotatable bonds is 2. The summed E-state index contributed by atoms with van der Waals surface area (Å²) in [6.07, 6.45) is -4.62. The van der Waals surface area contributed by atoms with E-state index < -0.39 is 35.0 Å². The van der Waals surface area contributed by atoms with Gasteiger partial charge in [0.2, 0.25) is 0 Å². The number of amides is 2. The molecular weight excluding hydrogens is 265 g/mol. The number of urea groups is 1. The summed E-state index contributed by atoms with van der Waals surface area (Å²) in [6, 6.07) is 1.32. The Bertz CT molecular complexity index is 512. The molecule has 0 radical (unpaired) electrons. The first-order valence-corrected chi connectivity index (χ1v) is 5.05. The molecule has 1 aromatic carbocycles. The molecule has 19 heavy (non-hydrogen) atoms. The molecule has 2 amide bonds. The lowest BCUT2D eigenvalue weighted by Gasteiger charge is -2.15. The van der Waals surface area contributed by atoms with Gasteiger partial charge < -0.3 is 15.3 Å². The number of nitrogens with zero attached hydrogens (tertiary/aromatic N) is 1. The summed E-state index contributed by atoms with van der Waals surface area (Å²) in [5.41, 5.74) is -1.85. The molecule has 5 nitrogen and oxygen atoms in total. The van der Waals surface area contributed by atoms with E-state index in [1.807, 2.05) is 0 Å². The van der Waals surface area contributed by atoms with Crippen molar-refractivity contribution in [2.75, 3.05) is 19.4 Å². The van der Waals surface area contributed by atoms with Crippen LogP contribution in [0.5, 0.6) is 0 Å². The van der Waals surface area contributed by atoms with E-state index in [-0.39, 0.29) is 0 Å². The van der Waals surface area contributed by atoms with Crippen molar-refractivity contribution >= 4 is 17.7 Å². The molecule has 0 bridgehead atoms. The molecule has 1 aromatic rings. The Morgan fingerprint density at radius 3 is 2.26 bits per heavy atom. The van der Waals surface area contributed by atoms with E-state index in [4.69, 9.17) is 5.11 Å². The standard InChI is InChI=1S/C11H11F3N2O3/c1-16(2)10(19)15-8-5-6(11(12,13)14)3-4-7(8)9(17)18/h3-5H,1-2H3,(H,15,19)(H,17,18). The predicted molar refractivity (Wildman–Crippen MR) is 61.1 cm³/mol. The van der Waals surface area contributed by atoms with E-state index in [2.05, 4.69) is 5.32 Å². The van der Waals surface area contributed by atoms with Crippen LogP contribution >= 0.6 is 0 Å². The highest BCUT2D eigenvalue weighted by atomic mass is 19.4. The third-order valence-electron chi connectivity index (χ3n) is 2.23. The molecule has 0 aliphatic rings. The molecule has 2 N–H and O–H groups in total. The van der Waals surface area contributed by atoms with Gasteiger partial charge in [-0.25, -0.2) is 9.59 Å². The van der Waals surface area contributed by atoms with Crippen LogP contribution in [-0.2, 0) is 6.18 Å². The number of benzene rings is 1. The van der Waals surface area contributed by atoms with Crippen molar-refractivity contribution in [3.05, 3.63) is 29.3 Å². The lowest BCUT2D eigenvalue weighted by Crippen LogP contribution is -2.28. The van der Waals surface area contributed by atoms with Gasteiger partial charge in [0.05, 0.1) is 16.8 Å². The minimum atomic E-state index is -4.62. The molecule has 0 saturated carbocycles. The summed E-state index contributed by atoms with van der Waals surface area (Å²) in [5.74, 6) is -1.43. The Kier molecular flexibility index (Phi) is 4.03.